The molecule has 1 fully saturated rings. The molecule has 0 saturated carbocycles. The lowest BCUT2D eigenvalue weighted by Crippen LogP contribution is -2.36. The van der Waals surface area contributed by atoms with E-state index in [4.69, 9.17) is 11.6 Å². The van der Waals surface area contributed by atoms with E-state index in [1.807, 2.05) is 12.1 Å². The Morgan fingerprint density at radius 3 is 2.12 bits per heavy atom. The Bertz CT molecular complexity index is 338. The molecule has 1 atom stereocenters. The van der Waals surface area contributed by atoms with Crippen LogP contribution in [-0.4, -0.2) is 18.0 Å². The van der Waals surface area contributed by atoms with Crippen molar-refractivity contribution < 1.29 is 0 Å². The molecule has 17 heavy (non-hydrogen) atoms. The molecule has 2 heteroatoms. The molecule has 1 saturated heterocycles. The van der Waals surface area contributed by atoms with Crippen LogP contribution in [0.4, 0.5) is 0 Å². The Balaban J connectivity index is 2.18. The van der Waals surface area contributed by atoms with Gasteiger partial charge in [-0.3, -0.25) is 4.90 Å². The van der Waals surface area contributed by atoms with E-state index in [0.717, 1.165) is 5.02 Å². The van der Waals surface area contributed by atoms with Gasteiger partial charge in [-0.05, 0) is 49.5 Å². The van der Waals surface area contributed by atoms with Crippen LogP contribution in [0, 0.1) is 5.92 Å². The summed E-state index contributed by atoms with van der Waals surface area (Å²) in [4.78, 5) is 2.64. The zero-order valence-corrected chi connectivity index (χ0v) is 11.6. The van der Waals surface area contributed by atoms with Crippen LogP contribution in [0.3, 0.4) is 0 Å². The first-order valence-electron chi connectivity index (χ1n) is 6.68. The van der Waals surface area contributed by atoms with Crippen LogP contribution >= 0.6 is 11.6 Å². The predicted molar refractivity (Wildman–Crippen MR) is 74.5 cm³/mol. The molecular weight excluding hydrogens is 230 g/mol. The SMILES string of the molecule is CC(C)[C@@H](c1ccc(Cl)cc1)N1CCCCC1. The number of piperidine rings is 1. The Hall–Kier alpha value is -0.530. The number of nitrogens with zero attached hydrogens (tertiary/aromatic N) is 1. The summed E-state index contributed by atoms with van der Waals surface area (Å²) in [6.07, 6.45) is 4.08. The van der Waals surface area contributed by atoms with Crippen molar-refractivity contribution in [3.8, 4) is 0 Å². The standard InChI is InChI=1S/C15H22ClN/c1-12(2)15(17-10-4-3-5-11-17)13-6-8-14(16)9-7-13/h6-9,12,15H,3-5,10-11H2,1-2H3/t15-/m0/s1. The van der Waals surface area contributed by atoms with Crippen molar-refractivity contribution in [3.63, 3.8) is 0 Å². The van der Waals surface area contributed by atoms with Gasteiger partial charge in [0, 0.05) is 11.1 Å². The zero-order valence-electron chi connectivity index (χ0n) is 10.8. The summed E-state index contributed by atoms with van der Waals surface area (Å²) in [6, 6.07) is 8.93. The van der Waals surface area contributed by atoms with Gasteiger partial charge in [-0.15, -0.1) is 0 Å². The van der Waals surface area contributed by atoms with Crippen LogP contribution in [0.2, 0.25) is 5.02 Å². The molecule has 0 radical (unpaired) electrons. The Morgan fingerprint density at radius 1 is 1.00 bits per heavy atom. The monoisotopic (exact) mass is 251 g/mol. The van der Waals surface area contributed by atoms with E-state index >= 15 is 0 Å². The van der Waals surface area contributed by atoms with Gasteiger partial charge in [-0.2, -0.15) is 0 Å². The molecular formula is C15H22ClN. The van der Waals surface area contributed by atoms with Crippen LogP contribution in [0.25, 0.3) is 0 Å². The van der Waals surface area contributed by atoms with Gasteiger partial charge >= 0.3 is 0 Å². The summed E-state index contributed by atoms with van der Waals surface area (Å²) in [5.41, 5.74) is 1.41. The number of likely N-dealkylation sites (tertiary alicyclic amines) is 1. The second-order valence-electron chi connectivity index (χ2n) is 5.34. The van der Waals surface area contributed by atoms with Crippen LogP contribution in [0.1, 0.15) is 44.7 Å². The number of rotatable bonds is 3. The molecule has 1 heterocycles. The van der Waals surface area contributed by atoms with Crippen LogP contribution in [-0.2, 0) is 0 Å². The first-order chi connectivity index (χ1) is 8.18. The smallest absolute Gasteiger partial charge is 0.0406 e. The van der Waals surface area contributed by atoms with Crippen molar-refractivity contribution >= 4 is 11.6 Å². The van der Waals surface area contributed by atoms with Gasteiger partial charge in [0.15, 0.2) is 0 Å². The van der Waals surface area contributed by atoms with E-state index in [2.05, 4.69) is 30.9 Å². The number of halogens is 1. The van der Waals surface area contributed by atoms with Gasteiger partial charge in [0.1, 0.15) is 0 Å². The van der Waals surface area contributed by atoms with Gasteiger partial charge in [0.25, 0.3) is 0 Å². The molecule has 0 bridgehead atoms. The predicted octanol–water partition coefficient (Wildman–Crippen LogP) is 4.52. The molecule has 1 aliphatic rings. The highest BCUT2D eigenvalue weighted by Gasteiger charge is 2.24. The molecule has 0 aromatic heterocycles. The Labute approximate surface area is 110 Å². The number of benzene rings is 1. The van der Waals surface area contributed by atoms with Crippen LogP contribution < -0.4 is 0 Å². The highest BCUT2D eigenvalue weighted by atomic mass is 35.5. The fraction of sp³-hybridized carbons (Fsp3) is 0.600. The van der Waals surface area contributed by atoms with Crippen molar-refractivity contribution in [3.05, 3.63) is 34.9 Å². The Morgan fingerprint density at radius 2 is 1.59 bits per heavy atom. The quantitative estimate of drug-likeness (QED) is 0.763. The van der Waals surface area contributed by atoms with E-state index in [0.29, 0.717) is 12.0 Å². The van der Waals surface area contributed by atoms with E-state index in [1.165, 1.54) is 37.9 Å². The zero-order chi connectivity index (χ0) is 12.3. The summed E-state index contributed by atoms with van der Waals surface area (Å²) < 4.78 is 0. The summed E-state index contributed by atoms with van der Waals surface area (Å²) in [5.74, 6) is 0.647. The van der Waals surface area contributed by atoms with E-state index in [-0.39, 0.29) is 0 Å². The fourth-order valence-corrected chi connectivity index (χ4v) is 3.00. The summed E-state index contributed by atoms with van der Waals surface area (Å²) in [6.45, 7) is 7.11. The largest absolute Gasteiger partial charge is 0.296 e. The molecule has 0 aliphatic carbocycles. The lowest BCUT2D eigenvalue weighted by molar-refractivity contribution is 0.128. The third-order valence-corrected chi connectivity index (χ3v) is 3.88. The second-order valence-corrected chi connectivity index (χ2v) is 5.77. The van der Waals surface area contributed by atoms with Gasteiger partial charge in [-0.1, -0.05) is 44.0 Å². The minimum Gasteiger partial charge on any atom is -0.296 e. The van der Waals surface area contributed by atoms with Gasteiger partial charge < -0.3 is 0 Å². The minimum atomic E-state index is 0.549. The van der Waals surface area contributed by atoms with Crippen LogP contribution in [0.15, 0.2) is 24.3 Å². The molecule has 1 aromatic carbocycles. The summed E-state index contributed by atoms with van der Waals surface area (Å²) >= 11 is 5.97. The van der Waals surface area contributed by atoms with Crippen molar-refractivity contribution in [2.45, 2.75) is 39.2 Å². The highest BCUT2D eigenvalue weighted by Crippen LogP contribution is 2.31. The van der Waals surface area contributed by atoms with E-state index in [1.54, 1.807) is 0 Å². The molecule has 1 aliphatic heterocycles. The molecule has 0 amide bonds. The minimum absolute atomic E-state index is 0.549. The second kappa shape index (κ2) is 5.88. The molecule has 94 valence electrons. The third-order valence-electron chi connectivity index (χ3n) is 3.63. The maximum absolute atomic E-state index is 5.97. The number of hydrogen-bond acceptors (Lipinski definition) is 1. The van der Waals surface area contributed by atoms with Crippen molar-refractivity contribution in [1.82, 2.24) is 4.90 Å². The van der Waals surface area contributed by atoms with Crippen molar-refractivity contribution in [1.29, 1.82) is 0 Å². The maximum Gasteiger partial charge on any atom is 0.0406 e. The average Bonchev–Trinajstić information content (AvgIpc) is 2.33. The van der Waals surface area contributed by atoms with Crippen molar-refractivity contribution in [2.75, 3.05) is 13.1 Å². The van der Waals surface area contributed by atoms with Crippen molar-refractivity contribution in [2.24, 2.45) is 5.92 Å². The average molecular weight is 252 g/mol. The van der Waals surface area contributed by atoms with Gasteiger partial charge in [-0.25, -0.2) is 0 Å². The first kappa shape index (κ1) is 12.9. The molecule has 2 rings (SSSR count). The summed E-state index contributed by atoms with van der Waals surface area (Å²) in [5, 5.41) is 0.829. The van der Waals surface area contributed by atoms with E-state index < -0.39 is 0 Å². The summed E-state index contributed by atoms with van der Waals surface area (Å²) in [7, 11) is 0. The molecule has 0 N–H and O–H groups in total. The lowest BCUT2D eigenvalue weighted by Gasteiger charge is -2.37. The molecule has 1 nitrogen and oxygen atoms in total. The molecule has 1 aromatic rings. The normalized spacial score (nSPS) is 19.5. The topological polar surface area (TPSA) is 3.24 Å². The third kappa shape index (κ3) is 3.23. The first-order valence-corrected chi connectivity index (χ1v) is 7.06. The maximum atomic E-state index is 5.97. The highest BCUT2D eigenvalue weighted by molar-refractivity contribution is 6.30. The molecule has 0 unspecified atom stereocenters. The van der Waals surface area contributed by atoms with E-state index in [9.17, 15) is 0 Å². The lowest BCUT2D eigenvalue weighted by atomic mass is 9.92. The van der Waals surface area contributed by atoms with Crippen LogP contribution in [0.5, 0.6) is 0 Å². The van der Waals surface area contributed by atoms with Gasteiger partial charge in [0.05, 0.1) is 0 Å². The molecule has 0 spiro atoms. The fourth-order valence-electron chi connectivity index (χ4n) is 2.87. The number of hydrogen-bond donors (Lipinski definition) is 0. The van der Waals surface area contributed by atoms with Gasteiger partial charge in [0.2, 0.25) is 0 Å². The Kier molecular flexibility index (Phi) is 4.47.